The highest BCUT2D eigenvalue weighted by Gasteiger charge is 2.12. The van der Waals surface area contributed by atoms with Crippen LogP contribution in [0.25, 0.3) is 0 Å². The summed E-state index contributed by atoms with van der Waals surface area (Å²) in [4.78, 5) is 36.3. The first kappa shape index (κ1) is 39.8. The first-order valence-corrected chi connectivity index (χ1v) is 17.9. The molecule has 270 valence electrons. The molecule has 0 aromatic heterocycles. The van der Waals surface area contributed by atoms with E-state index in [4.69, 9.17) is 28.8 Å². The van der Waals surface area contributed by atoms with Gasteiger partial charge in [0.15, 0.2) is 0 Å². The number of benzene rings is 3. The number of ether oxygens (including phenoxy) is 5. The van der Waals surface area contributed by atoms with Crippen LogP contribution in [0.1, 0.15) is 111 Å². The third-order valence-corrected chi connectivity index (χ3v) is 7.96. The number of hydrogen-bond acceptors (Lipinski definition) is 9. The van der Waals surface area contributed by atoms with Crippen LogP contribution in [0.4, 0.5) is 0 Å². The maximum atomic E-state index is 12.7. The van der Waals surface area contributed by atoms with Crippen molar-refractivity contribution in [3.8, 4) is 23.0 Å². The zero-order valence-corrected chi connectivity index (χ0v) is 29.2. The lowest BCUT2D eigenvalue weighted by molar-refractivity contribution is -0.137. The number of aliphatic hydroxyl groups excluding tert-OH is 1. The second-order valence-corrected chi connectivity index (χ2v) is 12.0. The molecule has 3 aromatic rings. The predicted molar refractivity (Wildman–Crippen MR) is 193 cm³/mol. The second kappa shape index (κ2) is 24.5. The van der Waals surface area contributed by atoms with Crippen LogP contribution in [0.3, 0.4) is 0 Å². The SMILES string of the molecule is C=CC(=O)OCCCCCCCCCCOc1ccc(C(=O)Oc2ccc(OC(=O)c3ccc(OCCCCCCCCO)cc3)cc2)cc1. The summed E-state index contributed by atoms with van der Waals surface area (Å²) in [6.07, 6.45) is 16.1. The number of rotatable bonds is 26. The minimum Gasteiger partial charge on any atom is -0.494 e. The Labute approximate surface area is 296 Å². The average molecular weight is 689 g/mol. The highest BCUT2D eigenvalue weighted by molar-refractivity contribution is 5.92. The van der Waals surface area contributed by atoms with Gasteiger partial charge in [-0.25, -0.2) is 14.4 Å². The van der Waals surface area contributed by atoms with Gasteiger partial charge in [0, 0.05) is 12.7 Å². The van der Waals surface area contributed by atoms with E-state index in [9.17, 15) is 14.4 Å². The van der Waals surface area contributed by atoms with Crippen molar-refractivity contribution in [2.75, 3.05) is 26.4 Å². The van der Waals surface area contributed by atoms with E-state index in [0.29, 0.717) is 53.9 Å². The van der Waals surface area contributed by atoms with Crippen LogP contribution in [0.2, 0.25) is 0 Å². The van der Waals surface area contributed by atoms with E-state index in [0.717, 1.165) is 77.0 Å². The third kappa shape index (κ3) is 16.7. The normalized spacial score (nSPS) is 10.7. The van der Waals surface area contributed by atoms with Crippen molar-refractivity contribution < 1.29 is 43.2 Å². The first-order valence-electron chi connectivity index (χ1n) is 17.9. The van der Waals surface area contributed by atoms with Crippen molar-refractivity contribution in [2.45, 2.75) is 89.9 Å². The molecule has 0 heterocycles. The van der Waals surface area contributed by atoms with Crippen LogP contribution >= 0.6 is 0 Å². The van der Waals surface area contributed by atoms with Crippen molar-refractivity contribution in [2.24, 2.45) is 0 Å². The lowest BCUT2D eigenvalue weighted by Gasteiger charge is -2.09. The Balaban J connectivity index is 1.27. The van der Waals surface area contributed by atoms with Crippen molar-refractivity contribution in [1.82, 2.24) is 0 Å². The van der Waals surface area contributed by atoms with Gasteiger partial charge in [-0.2, -0.15) is 0 Å². The summed E-state index contributed by atoms with van der Waals surface area (Å²) in [5, 5.41) is 8.82. The highest BCUT2D eigenvalue weighted by atomic mass is 16.5. The Bertz CT molecular complexity index is 1400. The van der Waals surface area contributed by atoms with Crippen LogP contribution in [0, 0.1) is 0 Å². The quantitative estimate of drug-likeness (QED) is 0.0381. The molecule has 0 amide bonds. The summed E-state index contributed by atoms with van der Waals surface area (Å²) in [5.41, 5.74) is 0.794. The lowest BCUT2D eigenvalue weighted by atomic mass is 10.1. The molecule has 0 radical (unpaired) electrons. The molecular formula is C41H52O9. The zero-order valence-electron chi connectivity index (χ0n) is 29.2. The fourth-order valence-electron chi connectivity index (χ4n) is 5.08. The Morgan fingerprint density at radius 1 is 0.480 bits per heavy atom. The largest absolute Gasteiger partial charge is 0.494 e. The predicted octanol–water partition coefficient (Wildman–Crippen LogP) is 9.07. The average Bonchev–Trinajstić information content (AvgIpc) is 3.14. The fraction of sp³-hybridized carbons (Fsp3) is 0.439. The van der Waals surface area contributed by atoms with E-state index < -0.39 is 11.9 Å². The maximum Gasteiger partial charge on any atom is 0.343 e. The van der Waals surface area contributed by atoms with Crippen LogP contribution < -0.4 is 18.9 Å². The molecule has 9 heteroatoms. The lowest BCUT2D eigenvalue weighted by Crippen LogP contribution is -2.09. The van der Waals surface area contributed by atoms with Gasteiger partial charge in [-0.05, 0) is 98.5 Å². The molecule has 0 spiro atoms. The molecule has 0 saturated carbocycles. The molecule has 0 bridgehead atoms. The summed E-state index contributed by atoms with van der Waals surface area (Å²) in [7, 11) is 0. The molecule has 0 unspecified atom stereocenters. The van der Waals surface area contributed by atoms with E-state index in [2.05, 4.69) is 6.58 Å². The van der Waals surface area contributed by atoms with Crippen molar-refractivity contribution in [3.05, 3.63) is 96.6 Å². The van der Waals surface area contributed by atoms with E-state index in [1.165, 1.54) is 18.9 Å². The van der Waals surface area contributed by atoms with E-state index in [1.54, 1.807) is 72.8 Å². The summed E-state index contributed by atoms with van der Waals surface area (Å²) >= 11 is 0. The van der Waals surface area contributed by atoms with Gasteiger partial charge in [0.25, 0.3) is 0 Å². The molecule has 3 rings (SSSR count). The Morgan fingerprint density at radius 3 is 1.20 bits per heavy atom. The number of hydrogen-bond donors (Lipinski definition) is 1. The Kier molecular flexibility index (Phi) is 19.5. The van der Waals surface area contributed by atoms with Gasteiger partial charge >= 0.3 is 17.9 Å². The minimum absolute atomic E-state index is 0.260. The third-order valence-electron chi connectivity index (χ3n) is 7.96. The van der Waals surface area contributed by atoms with Crippen LogP contribution in [-0.4, -0.2) is 49.4 Å². The zero-order chi connectivity index (χ0) is 35.7. The highest BCUT2D eigenvalue weighted by Crippen LogP contribution is 2.22. The monoisotopic (exact) mass is 688 g/mol. The standard InChI is InChI=1S/C41H52O9/c1-2-39(43)48-32-16-12-7-4-3-6-10-14-30-46-35-21-17-33(18-22-35)40(44)49-37-25-27-38(28-26-37)50-41(45)34-19-23-36(24-20-34)47-31-15-11-8-5-9-13-29-42/h2,17-28,42H,1,3-16,29-32H2. The number of carbonyl (C=O) groups is 3. The number of unbranched alkanes of at least 4 members (excludes halogenated alkanes) is 12. The number of aliphatic hydroxyl groups is 1. The molecule has 0 atom stereocenters. The summed E-state index contributed by atoms with van der Waals surface area (Å²) in [5.74, 6) is 0.696. The maximum absolute atomic E-state index is 12.7. The Morgan fingerprint density at radius 2 is 0.820 bits per heavy atom. The molecule has 50 heavy (non-hydrogen) atoms. The molecule has 0 aliphatic rings. The summed E-state index contributed by atoms with van der Waals surface area (Å²) in [6, 6.07) is 20.0. The molecule has 0 aliphatic heterocycles. The van der Waals surface area contributed by atoms with Gasteiger partial charge in [0.05, 0.1) is 30.9 Å². The van der Waals surface area contributed by atoms with Gasteiger partial charge in [-0.15, -0.1) is 0 Å². The molecule has 0 aliphatic carbocycles. The smallest absolute Gasteiger partial charge is 0.343 e. The van der Waals surface area contributed by atoms with Crippen LogP contribution in [-0.2, 0) is 9.53 Å². The molecule has 9 nitrogen and oxygen atoms in total. The molecule has 1 N–H and O–H groups in total. The van der Waals surface area contributed by atoms with Crippen molar-refractivity contribution >= 4 is 17.9 Å². The number of esters is 3. The first-order chi connectivity index (χ1) is 24.5. The van der Waals surface area contributed by atoms with Gasteiger partial charge in [0.2, 0.25) is 0 Å². The van der Waals surface area contributed by atoms with E-state index in [1.807, 2.05) is 0 Å². The van der Waals surface area contributed by atoms with Crippen LogP contribution in [0.5, 0.6) is 23.0 Å². The topological polar surface area (TPSA) is 118 Å². The summed E-state index contributed by atoms with van der Waals surface area (Å²) in [6.45, 7) is 5.33. The molecule has 0 saturated heterocycles. The summed E-state index contributed by atoms with van der Waals surface area (Å²) < 4.78 is 27.5. The van der Waals surface area contributed by atoms with Gasteiger partial charge in [0.1, 0.15) is 23.0 Å². The molecular weight excluding hydrogens is 636 g/mol. The second-order valence-electron chi connectivity index (χ2n) is 12.0. The Hall–Kier alpha value is -4.63. The van der Waals surface area contributed by atoms with E-state index in [-0.39, 0.29) is 12.6 Å². The van der Waals surface area contributed by atoms with Gasteiger partial charge in [-0.1, -0.05) is 70.8 Å². The minimum atomic E-state index is -0.501. The molecule has 0 fully saturated rings. The van der Waals surface area contributed by atoms with Crippen LogP contribution in [0.15, 0.2) is 85.5 Å². The van der Waals surface area contributed by atoms with E-state index >= 15 is 0 Å². The number of carbonyl (C=O) groups excluding carboxylic acids is 3. The fourth-order valence-corrected chi connectivity index (χ4v) is 5.08. The molecule has 3 aromatic carbocycles. The van der Waals surface area contributed by atoms with Crippen molar-refractivity contribution in [3.63, 3.8) is 0 Å². The van der Waals surface area contributed by atoms with Gasteiger partial charge in [-0.3, -0.25) is 0 Å². The van der Waals surface area contributed by atoms with Gasteiger partial charge < -0.3 is 28.8 Å². The van der Waals surface area contributed by atoms with Crippen molar-refractivity contribution in [1.29, 1.82) is 0 Å².